The highest BCUT2D eigenvalue weighted by Gasteiger charge is 2.22. The maximum atomic E-state index is 5.76. The van der Waals surface area contributed by atoms with Gasteiger partial charge in [-0.3, -0.25) is 0 Å². The van der Waals surface area contributed by atoms with Crippen molar-refractivity contribution < 1.29 is 4.74 Å². The topological polar surface area (TPSA) is 93.4 Å². The fourth-order valence-electron chi connectivity index (χ4n) is 2.88. The zero-order chi connectivity index (χ0) is 16.5. The van der Waals surface area contributed by atoms with Gasteiger partial charge in [-0.05, 0) is 48.5 Å². The van der Waals surface area contributed by atoms with Crippen molar-refractivity contribution in [2.45, 2.75) is 26.1 Å². The number of ether oxygens (including phenoxy) is 1. The minimum absolute atomic E-state index is 0.209. The number of aromatic nitrogens is 6. The smallest absolute Gasteiger partial charge is 0.200 e. The van der Waals surface area contributed by atoms with Crippen LogP contribution in [0.3, 0.4) is 0 Å². The van der Waals surface area contributed by atoms with E-state index in [2.05, 4.69) is 49.7 Å². The quantitative estimate of drug-likeness (QED) is 0.769. The number of pyridine rings is 1. The van der Waals surface area contributed by atoms with Gasteiger partial charge < -0.3 is 15.0 Å². The van der Waals surface area contributed by atoms with Crippen molar-refractivity contribution in [2.24, 2.45) is 0 Å². The van der Waals surface area contributed by atoms with Crippen molar-refractivity contribution >= 4 is 23.0 Å². The highest BCUT2D eigenvalue weighted by molar-refractivity contribution is 5.58. The first kappa shape index (κ1) is 14.8. The fourth-order valence-corrected chi connectivity index (χ4v) is 2.88. The molecule has 4 rings (SSSR count). The van der Waals surface area contributed by atoms with Crippen LogP contribution in [0.5, 0.6) is 0 Å². The summed E-state index contributed by atoms with van der Waals surface area (Å²) in [4.78, 5) is 6.80. The zero-order valence-electron chi connectivity index (χ0n) is 13.5. The minimum atomic E-state index is 0.209. The van der Waals surface area contributed by atoms with E-state index in [0.717, 1.165) is 24.6 Å². The van der Waals surface area contributed by atoms with E-state index in [0.29, 0.717) is 11.5 Å². The Hall–Kier alpha value is -2.81. The van der Waals surface area contributed by atoms with Crippen molar-refractivity contribution in [1.82, 2.24) is 30.2 Å². The zero-order valence-corrected chi connectivity index (χ0v) is 13.5. The van der Waals surface area contributed by atoms with Crippen LogP contribution in [0, 0.1) is 0 Å². The molecule has 0 radical (unpaired) electrons. The van der Waals surface area contributed by atoms with Crippen LogP contribution < -0.4 is 10.2 Å². The van der Waals surface area contributed by atoms with E-state index in [1.807, 2.05) is 18.2 Å². The Bertz CT molecular complexity index is 823. The van der Waals surface area contributed by atoms with Crippen molar-refractivity contribution in [1.29, 1.82) is 0 Å². The molecule has 1 aliphatic heterocycles. The van der Waals surface area contributed by atoms with Gasteiger partial charge in [0.2, 0.25) is 0 Å². The van der Waals surface area contributed by atoms with Crippen molar-refractivity contribution in [3.05, 3.63) is 30.5 Å². The predicted molar refractivity (Wildman–Crippen MR) is 88.3 cm³/mol. The number of morpholine rings is 1. The molecule has 9 heteroatoms. The number of hydrogen-bond donors (Lipinski definition) is 1. The SMILES string of the molecule is C[C@@H]1CN(c2ccc(Nc3ccc4nnnn4n3)cn2)C[C@@H](C)O1. The summed E-state index contributed by atoms with van der Waals surface area (Å²) in [5.41, 5.74) is 1.46. The van der Waals surface area contributed by atoms with Gasteiger partial charge in [0.25, 0.3) is 0 Å². The minimum Gasteiger partial charge on any atom is -0.372 e. The standard InChI is InChI=1S/C15H18N8O/c1-10-8-22(9-11(2)24-10)14-5-3-12(7-16-14)17-13-4-6-15-18-20-21-23(15)19-13/h3-7,10-11H,8-9H2,1-2H3,(H,17,19)/t10-,11-/m1/s1. The monoisotopic (exact) mass is 326 g/mol. The molecular weight excluding hydrogens is 308 g/mol. The van der Waals surface area contributed by atoms with Crippen LogP contribution in [-0.2, 0) is 4.74 Å². The third kappa shape index (κ3) is 2.98. The second-order valence-electron chi connectivity index (χ2n) is 5.94. The summed E-state index contributed by atoms with van der Waals surface area (Å²) in [6.07, 6.45) is 2.21. The molecule has 124 valence electrons. The average Bonchev–Trinajstić information content (AvgIpc) is 3.02. The first-order chi connectivity index (χ1) is 11.7. The van der Waals surface area contributed by atoms with Gasteiger partial charge in [-0.25, -0.2) is 4.98 Å². The number of hydrogen-bond acceptors (Lipinski definition) is 8. The predicted octanol–water partition coefficient (Wildman–Crippen LogP) is 1.27. The molecule has 1 N–H and O–H groups in total. The fraction of sp³-hybridized carbons (Fsp3) is 0.400. The summed E-state index contributed by atoms with van der Waals surface area (Å²) >= 11 is 0. The first-order valence-corrected chi connectivity index (χ1v) is 7.86. The molecule has 3 aromatic rings. The third-order valence-corrected chi connectivity index (χ3v) is 3.83. The van der Waals surface area contributed by atoms with E-state index in [4.69, 9.17) is 4.74 Å². The van der Waals surface area contributed by atoms with Gasteiger partial charge in [-0.2, -0.15) is 0 Å². The summed E-state index contributed by atoms with van der Waals surface area (Å²) in [6, 6.07) is 7.61. The van der Waals surface area contributed by atoms with Crippen LogP contribution in [0.25, 0.3) is 5.65 Å². The van der Waals surface area contributed by atoms with Gasteiger partial charge in [0.05, 0.1) is 24.1 Å². The largest absolute Gasteiger partial charge is 0.372 e. The van der Waals surface area contributed by atoms with Gasteiger partial charge in [0.1, 0.15) is 5.82 Å². The maximum absolute atomic E-state index is 5.76. The van der Waals surface area contributed by atoms with Crippen LogP contribution in [0.15, 0.2) is 30.5 Å². The summed E-state index contributed by atoms with van der Waals surface area (Å²) in [5, 5.41) is 18.7. The maximum Gasteiger partial charge on any atom is 0.200 e. The number of nitrogens with one attached hydrogen (secondary N) is 1. The summed E-state index contributed by atoms with van der Waals surface area (Å²) in [7, 11) is 0. The van der Waals surface area contributed by atoms with E-state index in [9.17, 15) is 0 Å². The lowest BCUT2D eigenvalue weighted by atomic mass is 10.2. The van der Waals surface area contributed by atoms with Crippen molar-refractivity contribution in [2.75, 3.05) is 23.3 Å². The Morgan fingerprint density at radius 3 is 2.71 bits per heavy atom. The second kappa shape index (κ2) is 6.00. The van der Waals surface area contributed by atoms with Crippen LogP contribution in [0.2, 0.25) is 0 Å². The molecule has 24 heavy (non-hydrogen) atoms. The van der Waals surface area contributed by atoms with E-state index in [-0.39, 0.29) is 12.2 Å². The summed E-state index contributed by atoms with van der Waals surface area (Å²) < 4.78 is 7.14. The Morgan fingerprint density at radius 2 is 1.96 bits per heavy atom. The van der Waals surface area contributed by atoms with Gasteiger partial charge in [-0.15, -0.1) is 14.8 Å². The lowest BCUT2D eigenvalue weighted by Crippen LogP contribution is -2.45. The highest BCUT2D eigenvalue weighted by atomic mass is 16.5. The number of fused-ring (bicyclic) bond motifs is 1. The van der Waals surface area contributed by atoms with Crippen LogP contribution >= 0.6 is 0 Å². The molecule has 1 fully saturated rings. The second-order valence-corrected chi connectivity index (χ2v) is 5.94. The first-order valence-electron chi connectivity index (χ1n) is 7.86. The molecule has 0 unspecified atom stereocenters. The van der Waals surface area contributed by atoms with Crippen LogP contribution in [-0.4, -0.2) is 55.5 Å². The highest BCUT2D eigenvalue weighted by Crippen LogP contribution is 2.21. The Morgan fingerprint density at radius 1 is 1.12 bits per heavy atom. The normalized spacial score (nSPS) is 21.2. The molecular formula is C15H18N8O. The lowest BCUT2D eigenvalue weighted by Gasteiger charge is -2.36. The van der Waals surface area contributed by atoms with Gasteiger partial charge in [0, 0.05) is 13.1 Å². The molecule has 2 atom stereocenters. The van der Waals surface area contributed by atoms with Crippen molar-refractivity contribution in [3.63, 3.8) is 0 Å². The van der Waals surface area contributed by atoms with Gasteiger partial charge in [0.15, 0.2) is 11.5 Å². The summed E-state index contributed by atoms with van der Waals surface area (Å²) in [5.74, 6) is 1.60. The van der Waals surface area contributed by atoms with Crippen LogP contribution in [0.1, 0.15) is 13.8 Å². The van der Waals surface area contributed by atoms with E-state index < -0.39 is 0 Å². The van der Waals surface area contributed by atoms with E-state index in [1.165, 1.54) is 4.63 Å². The van der Waals surface area contributed by atoms with Gasteiger partial charge in [-0.1, -0.05) is 0 Å². The van der Waals surface area contributed by atoms with Crippen molar-refractivity contribution in [3.8, 4) is 0 Å². The van der Waals surface area contributed by atoms with E-state index >= 15 is 0 Å². The van der Waals surface area contributed by atoms with E-state index in [1.54, 1.807) is 12.3 Å². The summed E-state index contributed by atoms with van der Waals surface area (Å²) in [6.45, 7) is 5.86. The van der Waals surface area contributed by atoms with Crippen LogP contribution in [0.4, 0.5) is 17.3 Å². The Kier molecular flexibility index (Phi) is 3.69. The molecule has 9 nitrogen and oxygen atoms in total. The molecule has 0 amide bonds. The average molecular weight is 326 g/mol. The molecule has 0 bridgehead atoms. The number of nitrogens with zero attached hydrogens (tertiary/aromatic N) is 7. The number of anilines is 3. The molecule has 1 aliphatic rings. The molecule has 1 saturated heterocycles. The number of tetrazole rings is 1. The Balaban J connectivity index is 1.49. The van der Waals surface area contributed by atoms with Gasteiger partial charge >= 0.3 is 0 Å². The molecule has 3 aromatic heterocycles. The Labute approximate surface area is 138 Å². The third-order valence-electron chi connectivity index (χ3n) is 3.83. The molecule has 0 saturated carbocycles. The lowest BCUT2D eigenvalue weighted by molar-refractivity contribution is -0.00545. The molecule has 0 aliphatic carbocycles. The number of rotatable bonds is 3. The molecule has 0 spiro atoms. The molecule has 4 heterocycles. The molecule has 0 aromatic carbocycles.